The van der Waals surface area contributed by atoms with Gasteiger partial charge in [0.25, 0.3) is 5.91 Å². The Morgan fingerprint density at radius 3 is 2.95 bits per heavy atom. The highest BCUT2D eigenvalue weighted by Gasteiger charge is 2.10. The van der Waals surface area contributed by atoms with Crippen LogP contribution in [0.3, 0.4) is 0 Å². The smallest absolute Gasteiger partial charge is 0.253 e. The molecule has 4 N–H and O–H groups in total. The van der Waals surface area contributed by atoms with Crippen LogP contribution in [0.5, 0.6) is 0 Å². The molecule has 2 aromatic heterocycles. The van der Waals surface area contributed by atoms with Crippen LogP contribution in [0.1, 0.15) is 20.8 Å². The highest BCUT2D eigenvalue weighted by atomic mass is 35.5. The molecule has 1 amide bonds. The van der Waals surface area contributed by atoms with Crippen LogP contribution in [0.2, 0.25) is 5.02 Å². The van der Waals surface area contributed by atoms with Crippen LogP contribution < -0.4 is 16.6 Å². The Morgan fingerprint density at radius 2 is 2.37 bits per heavy atom. The number of rotatable bonds is 4. The first-order valence-corrected chi connectivity index (χ1v) is 6.81. The van der Waals surface area contributed by atoms with Gasteiger partial charge in [0.05, 0.1) is 17.1 Å². The van der Waals surface area contributed by atoms with Crippen molar-refractivity contribution in [2.45, 2.75) is 13.5 Å². The number of hydrogen-bond acceptors (Lipinski definition) is 5. The average Bonchev–Trinajstić information content (AvgIpc) is 2.81. The summed E-state index contributed by atoms with van der Waals surface area (Å²) in [5, 5.41) is 5.13. The first-order valence-electron chi connectivity index (χ1n) is 5.55. The molecule has 0 atom stereocenters. The summed E-state index contributed by atoms with van der Waals surface area (Å²) in [5.74, 6) is 5.34. The molecule has 0 aliphatic rings. The third-order valence-corrected chi connectivity index (χ3v) is 3.93. The number of anilines is 1. The molecule has 19 heavy (non-hydrogen) atoms. The maximum atomic E-state index is 11.9. The number of aryl methyl sites for hydroxylation is 1. The van der Waals surface area contributed by atoms with Gasteiger partial charge in [0.15, 0.2) is 5.82 Å². The number of pyridine rings is 1. The summed E-state index contributed by atoms with van der Waals surface area (Å²) in [5.41, 5.74) is 3.92. The lowest BCUT2D eigenvalue weighted by molar-refractivity contribution is 0.0951. The molecule has 0 fully saturated rings. The van der Waals surface area contributed by atoms with Gasteiger partial charge in [-0.25, -0.2) is 10.8 Å². The molecule has 0 radical (unpaired) electrons. The van der Waals surface area contributed by atoms with E-state index >= 15 is 0 Å². The van der Waals surface area contributed by atoms with E-state index in [0.29, 0.717) is 22.9 Å². The predicted molar refractivity (Wildman–Crippen MR) is 77.3 cm³/mol. The SMILES string of the molecule is Cc1ccsc1CNC(=O)c1cnc(NN)c(Cl)c1. The summed E-state index contributed by atoms with van der Waals surface area (Å²) in [4.78, 5) is 17.0. The zero-order valence-corrected chi connectivity index (χ0v) is 11.8. The van der Waals surface area contributed by atoms with Crippen molar-refractivity contribution in [1.82, 2.24) is 10.3 Å². The zero-order valence-electron chi connectivity index (χ0n) is 10.2. The number of carbonyl (C=O) groups excluding carboxylic acids is 1. The number of thiophene rings is 1. The number of aromatic nitrogens is 1. The molecule has 2 rings (SSSR count). The molecule has 0 spiro atoms. The van der Waals surface area contributed by atoms with E-state index < -0.39 is 0 Å². The van der Waals surface area contributed by atoms with Crippen molar-refractivity contribution in [1.29, 1.82) is 0 Å². The first-order chi connectivity index (χ1) is 9.11. The van der Waals surface area contributed by atoms with E-state index in [1.165, 1.54) is 17.8 Å². The van der Waals surface area contributed by atoms with Gasteiger partial charge in [-0.2, -0.15) is 0 Å². The Labute approximate surface area is 119 Å². The third-order valence-electron chi connectivity index (χ3n) is 2.62. The Bertz CT molecular complexity index is 599. The minimum atomic E-state index is -0.217. The van der Waals surface area contributed by atoms with Crippen molar-refractivity contribution >= 4 is 34.7 Å². The summed E-state index contributed by atoms with van der Waals surface area (Å²) in [7, 11) is 0. The van der Waals surface area contributed by atoms with Gasteiger partial charge in [-0.15, -0.1) is 11.3 Å². The lowest BCUT2D eigenvalue weighted by atomic mass is 10.2. The average molecular weight is 297 g/mol. The predicted octanol–water partition coefficient (Wildman–Crippen LogP) is 2.32. The summed E-state index contributed by atoms with van der Waals surface area (Å²) >= 11 is 7.53. The summed E-state index contributed by atoms with van der Waals surface area (Å²) in [6, 6.07) is 3.55. The molecule has 2 heterocycles. The van der Waals surface area contributed by atoms with Crippen LogP contribution in [0.25, 0.3) is 0 Å². The molecule has 0 aromatic carbocycles. The number of amides is 1. The number of nitrogens with zero attached hydrogens (tertiary/aromatic N) is 1. The summed E-state index contributed by atoms with van der Waals surface area (Å²) in [6.45, 7) is 2.51. The molecule has 0 aliphatic carbocycles. The third kappa shape index (κ3) is 3.23. The fourth-order valence-corrected chi connectivity index (χ4v) is 2.58. The van der Waals surface area contributed by atoms with Gasteiger partial charge in [0.2, 0.25) is 0 Å². The second-order valence-corrected chi connectivity index (χ2v) is 5.32. The van der Waals surface area contributed by atoms with Crippen molar-refractivity contribution in [3.8, 4) is 0 Å². The van der Waals surface area contributed by atoms with Crippen LogP contribution in [-0.2, 0) is 6.54 Å². The highest BCUT2D eigenvalue weighted by Crippen LogP contribution is 2.19. The molecule has 0 saturated carbocycles. The summed E-state index contributed by atoms with van der Waals surface area (Å²) < 4.78 is 0. The van der Waals surface area contributed by atoms with E-state index in [4.69, 9.17) is 17.4 Å². The standard InChI is InChI=1S/C12H13ClN4OS/c1-7-2-3-19-10(7)6-16-12(18)8-4-9(13)11(17-14)15-5-8/h2-5H,6,14H2,1H3,(H,15,17)(H,16,18). The normalized spacial score (nSPS) is 10.3. The van der Waals surface area contributed by atoms with Crippen molar-refractivity contribution in [3.05, 3.63) is 44.7 Å². The molecule has 2 aromatic rings. The lowest BCUT2D eigenvalue weighted by Crippen LogP contribution is -2.23. The largest absolute Gasteiger partial charge is 0.347 e. The minimum Gasteiger partial charge on any atom is -0.347 e. The second-order valence-electron chi connectivity index (χ2n) is 3.91. The molecular weight excluding hydrogens is 284 g/mol. The molecular formula is C12H13ClN4OS. The summed E-state index contributed by atoms with van der Waals surface area (Å²) in [6.07, 6.45) is 1.43. The number of hydrazine groups is 1. The zero-order chi connectivity index (χ0) is 13.8. The minimum absolute atomic E-state index is 0.217. The Hall–Kier alpha value is -1.63. The van der Waals surface area contributed by atoms with Gasteiger partial charge in [-0.05, 0) is 30.0 Å². The van der Waals surface area contributed by atoms with E-state index in [1.807, 2.05) is 18.4 Å². The van der Waals surface area contributed by atoms with Gasteiger partial charge >= 0.3 is 0 Å². The van der Waals surface area contributed by atoms with Gasteiger partial charge in [0.1, 0.15) is 0 Å². The Morgan fingerprint density at radius 1 is 1.58 bits per heavy atom. The van der Waals surface area contributed by atoms with Crippen LogP contribution in [0, 0.1) is 6.92 Å². The highest BCUT2D eigenvalue weighted by molar-refractivity contribution is 7.10. The molecule has 100 valence electrons. The van der Waals surface area contributed by atoms with E-state index in [1.54, 1.807) is 11.3 Å². The van der Waals surface area contributed by atoms with E-state index in [9.17, 15) is 4.79 Å². The van der Waals surface area contributed by atoms with Crippen molar-refractivity contribution in [3.63, 3.8) is 0 Å². The number of carbonyl (C=O) groups is 1. The van der Waals surface area contributed by atoms with Crippen LogP contribution >= 0.6 is 22.9 Å². The Kier molecular flexibility index (Phi) is 4.36. The van der Waals surface area contributed by atoms with E-state index in [0.717, 1.165) is 4.88 Å². The lowest BCUT2D eigenvalue weighted by Gasteiger charge is -2.07. The van der Waals surface area contributed by atoms with Crippen LogP contribution in [-0.4, -0.2) is 10.9 Å². The van der Waals surface area contributed by atoms with Crippen LogP contribution in [0.15, 0.2) is 23.7 Å². The molecule has 7 heteroatoms. The van der Waals surface area contributed by atoms with E-state index in [-0.39, 0.29) is 5.91 Å². The fraction of sp³-hybridized carbons (Fsp3) is 0.167. The van der Waals surface area contributed by atoms with Crippen LogP contribution in [0.4, 0.5) is 5.82 Å². The maximum absolute atomic E-state index is 11.9. The molecule has 5 nitrogen and oxygen atoms in total. The molecule has 0 bridgehead atoms. The number of halogens is 1. The monoisotopic (exact) mass is 296 g/mol. The Balaban J connectivity index is 2.04. The molecule has 0 unspecified atom stereocenters. The second kappa shape index (κ2) is 6.01. The number of hydrogen-bond donors (Lipinski definition) is 3. The van der Waals surface area contributed by atoms with Gasteiger partial charge in [0, 0.05) is 11.1 Å². The van der Waals surface area contributed by atoms with Crippen molar-refractivity contribution in [2.24, 2.45) is 5.84 Å². The molecule has 0 aliphatic heterocycles. The van der Waals surface area contributed by atoms with Gasteiger partial charge in [-0.1, -0.05) is 11.6 Å². The van der Waals surface area contributed by atoms with Gasteiger partial charge in [-0.3, -0.25) is 4.79 Å². The quantitative estimate of drug-likeness (QED) is 0.597. The topological polar surface area (TPSA) is 80.0 Å². The first kappa shape index (κ1) is 13.8. The fourth-order valence-electron chi connectivity index (χ4n) is 1.52. The number of nitrogens with two attached hydrogens (primary N) is 1. The molecule has 0 saturated heterocycles. The maximum Gasteiger partial charge on any atom is 0.253 e. The van der Waals surface area contributed by atoms with Crippen molar-refractivity contribution < 1.29 is 4.79 Å². The van der Waals surface area contributed by atoms with Gasteiger partial charge < -0.3 is 10.7 Å². The van der Waals surface area contributed by atoms with E-state index in [2.05, 4.69) is 15.7 Å². The number of nitrogens with one attached hydrogen (secondary N) is 2. The number of nitrogen functional groups attached to an aromatic ring is 1. The van der Waals surface area contributed by atoms with Crippen molar-refractivity contribution in [2.75, 3.05) is 5.43 Å².